The molecule has 0 saturated carbocycles. The number of carbonyl (C=O) groups excluding carboxylic acids is 1. The van der Waals surface area contributed by atoms with E-state index in [1.807, 2.05) is 19.0 Å². The van der Waals surface area contributed by atoms with Gasteiger partial charge in [-0.3, -0.25) is 14.4 Å². The summed E-state index contributed by atoms with van der Waals surface area (Å²) in [6.07, 6.45) is 2.17. The van der Waals surface area contributed by atoms with Gasteiger partial charge < -0.3 is 24.7 Å². The third-order valence-corrected chi connectivity index (χ3v) is 2.91. The van der Waals surface area contributed by atoms with Crippen molar-refractivity contribution >= 4 is 18.3 Å². The molecule has 1 unspecified atom stereocenters. The Hall–Kier alpha value is -1.67. The number of aliphatic carboxylic acids is 1. The second-order valence-electron chi connectivity index (χ2n) is 4.92. The molecule has 1 heterocycles. The fourth-order valence-corrected chi connectivity index (χ4v) is 1.89. The minimum absolute atomic E-state index is 0.195. The molecule has 122 valence electrons. The van der Waals surface area contributed by atoms with E-state index in [9.17, 15) is 9.59 Å². The van der Waals surface area contributed by atoms with Crippen LogP contribution in [-0.4, -0.2) is 84.8 Å². The van der Waals surface area contributed by atoms with Gasteiger partial charge in [-0.05, 0) is 33.4 Å². The van der Waals surface area contributed by atoms with E-state index in [4.69, 9.17) is 19.7 Å². The molecule has 0 aromatic rings. The van der Waals surface area contributed by atoms with Gasteiger partial charge in [0.2, 0.25) is 0 Å². The lowest BCUT2D eigenvalue weighted by atomic mass is 10.1. The van der Waals surface area contributed by atoms with E-state index in [0.29, 0.717) is 26.1 Å². The van der Waals surface area contributed by atoms with Crippen molar-refractivity contribution in [2.24, 2.45) is 0 Å². The second-order valence-corrected chi connectivity index (χ2v) is 4.92. The van der Waals surface area contributed by atoms with Crippen LogP contribution in [0.2, 0.25) is 0 Å². The summed E-state index contributed by atoms with van der Waals surface area (Å²) in [4.78, 5) is 34.6. The fourth-order valence-electron chi connectivity index (χ4n) is 1.89. The maximum absolute atomic E-state index is 12.2. The van der Waals surface area contributed by atoms with Gasteiger partial charge in [-0.25, -0.2) is 0 Å². The van der Waals surface area contributed by atoms with E-state index in [-0.39, 0.29) is 18.9 Å². The lowest BCUT2D eigenvalue weighted by Crippen LogP contribution is -2.46. The molecule has 1 aliphatic heterocycles. The molecule has 1 fully saturated rings. The monoisotopic (exact) mass is 304 g/mol. The molecule has 8 nitrogen and oxygen atoms in total. The molecular formula is C13H24N2O6. The molecule has 8 heteroatoms. The van der Waals surface area contributed by atoms with Gasteiger partial charge in [0.05, 0.1) is 0 Å². The van der Waals surface area contributed by atoms with Crippen molar-refractivity contribution < 1.29 is 29.3 Å². The predicted molar refractivity (Wildman–Crippen MR) is 75.1 cm³/mol. The molecule has 1 amide bonds. The summed E-state index contributed by atoms with van der Waals surface area (Å²) >= 11 is 0. The number of ether oxygens (including phenoxy) is 1. The normalized spacial score (nSPS) is 17.6. The molecular weight excluding hydrogens is 280 g/mol. The van der Waals surface area contributed by atoms with Gasteiger partial charge in [0.15, 0.2) is 0 Å². The Morgan fingerprint density at radius 3 is 2.33 bits per heavy atom. The average molecular weight is 304 g/mol. The predicted octanol–water partition coefficient (Wildman–Crippen LogP) is -0.269. The summed E-state index contributed by atoms with van der Waals surface area (Å²) in [5.41, 5.74) is 0. The first-order chi connectivity index (χ1) is 9.92. The Labute approximate surface area is 124 Å². The molecule has 1 aliphatic rings. The van der Waals surface area contributed by atoms with Crippen LogP contribution in [0, 0.1) is 0 Å². The average Bonchev–Trinajstić information content (AvgIpc) is 2.44. The summed E-state index contributed by atoms with van der Waals surface area (Å²) in [7, 11) is 3.78. The highest BCUT2D eigenvalue weighted by atomic mass is 16.5. The molecule has 0 aliphatic carbocycles. The van der Waals surface area contributed by atoms with Crippen LogP contribution in [0.1, 0.15) is 19.3 Å². The van der Waals surface area contributed by atoms with Crippen LogP contribution in [0.4, 0.5) is 0 Å². The second kappa shape index (κ2) is 11.0. The van der Waals surface area contributed by atoms with E-state index in [0.717, 1.165) is 12.8 Å². The summed E-state index contributed by atoms with van der Waals surface area (Å²) in [6, 6.07) is 0. The molecule has 2 N–H and O–H groups in total. The number of carboxylic acid groups (broad SMARTS) is 2. The number of rotatable bonds is 6. The van der Waals surface area contributed by atoms with Crippen LogP contribution in [0.3, 0.4) is 0 Å². The highest BCUT2D eigenvalue weighted by Gasteiger charge is 2.27. The molecule has 1 saturated heterocycles. The molecule has 1 rings (SSSR count). The van der Waals surface area contributed by atoms with Gasteiger partial charge in [-0.1, -0.05) is 0 Å². The van der Waals surface area contributed by atoms with Gasteiger partial charge in [0.25, 0.3) is 12.4 Å². The maximum Gasteiger partial charge on any atom is 0.323 e. The smallest absolute Gasteiger partial charge is 0.323 e. The van der Waals surface area contributed by atoms with Gasteiger partial charge in [0.1, 0.15) is 12.6 Å². The Kier molecular flexibility index (Phi) is 10.2. The standard InChI is InChI=1S/C12H22N2O4.CH2O2/c1-13(2)6-7-14(9-11(15)16)12(17)10-5-3-4-8-18-10;2-1-3/h10H,3-9H2,1-2H3,(H,15,16);1H,(H,2,3). The van der Waals surface area contributed by atoms with Crippen molar-refractivity contribution in [3.63, 3.8) is 0 Å². The van der Waals surface area contributed by atoms with Crippen LogP contribution in [-0.2, 0) is 19.1 Å². The van der Waals surface area contributed by atoms with Crippen molar-refractivity contribution in [2.45, 2.75) is 25.4 Å². The number of nitrogens with zero attached hydrogens (tertiary/aromatic N) is 2. The van der Waals surface area contributed by atoms with E-state index in [2.05, 4.69) is 0 Å². The van der Waals surface area contributed by atoms with E-state index in [1.54, 1.807) is 0 Å². The van der Waals surface area contributed by atoms with Gasteiger partial charge in [0, 0.05) is 19.7 Å². The Bertz CT molecular complexity index is 329. The van der Waals surface area contributed by atoms with Crippen molar-refractivity contribution in [3.8, 4) is 0 Å². The summed E-state index contributed by atoms with van der Waals surface area (Å²) in [5.74, 6) is -1.18. The molecule has 0 bridgehead atoms. The Morgan fingerprint density at radius 1 is 1.29 bits per heavy atom. The van der Waals surface area contributed by atoms with E-state index < -0.39 is 12.1 Å². The summed E-state index contributed by atoms with van der Waals surface area (Å²) < 4.78 is 5.41. The summed E-state index contributed by atoms with van der Waals surface area (Å²) in [6.45, 7) is 1.14. The number of hydrogen-bond acceptors (Lipinski definition) is 5. The van der Waals surface area contributed by atoms with Gasteiger partial charge in [-0.15, -0.1) is 0 Å². The molecule has 0 radical (unpaired) electrons. The molecule has 1 atom stereocenters. The van der Waals surface area contributed by atoms with Crippen molar-refractivity contribution in [2.75, 3.05) is 40.3 Å². The fraction of sp³-hybridized carbons (Fsp3) is 0.769. The van der Waals surface area contributed by atoms with Crippen molar-refractivity contribution in [3.05, 3.63) is 0 Å². The van der Waals surface area contributed by atoms with Crippen LogP contribution in [0.25, 0.3) is 0 Å². The number of carbonyl (C=O) groups is 3. The summed E-state index contributed by atoms with van der Waals surface area (Å²) in [5, 5.41) is 15.7. The van der Waals surface area contributed by atoms with Crippen LogP contribution in [0.15, 0.2) is 0 Å². The Balaban J connectivity index is 0.00000122. The maximum atomic E-state index is 12.2. The minimum Gasteiger partial charge on any atom is -0.483 e. The molecule has 0 aromatic carbocycles. The first-order valence-electron chi connectivity index (χ1n) is 6.77. The SMILES string of the molecule is CN(C)CCN(CC(=O)O)C(=O)C1CCCCO1.O=CO. The highest BCUT2D eigenvalue weighted by Crippen LogP contribution is 2.15. The molecule has 0 aromatic heterocycles. The van der Waals surface area contributed by atoms with E-state index in [1.165, 1.54) is 4.90 Å². The Morgan fingerprint density at radius 2 is 1.90 bits per heavy atom. The van der Waals surface area contributed by atoms with Gasteiger partial charge in [-0.2, -0.15) is 0 Å². The van der Waals surface area contributed by atoms with Gasteiger partial charge >= 0.3 is 5.97 Å². The third kappa shape index (κ3) is 8.98. The number of hydrogen-bond donors (Lipinski definition) is 2. The third-order valence-electron chi connectivity index (χ3n) is 2.91. The largest absolute Gasteiger partial charge is 0.483 e. The number of carboxylic acids is 1. The van der Waals surface area contributed by atoms with Crippen LogP contribution in [0.5, 0.6) is 0 Å². The topological polar surface area (TPSA) is 107 Å². The van der Waals surface area contributed by atoms with E-state index >= 15 is 0 Å². The minimum atomic E-state index is -0.988. The zero-order valence-electron chi connectivity index (χ0n) is 12.5. The highest BCUT2D eigenvalue weighted by molar-refractivity contribution is 5.84. The van der Waals surface area contributed by atoms with Crippen LogP contribution < -0.4 is 0 Å². The lowest BCUT2D eigenvalue weighted by Gasteiger charge is -2.29. The van der Waals surface area contributed by atoms with Crippen LogP contribution >= 0.6 is 0 Å². The zero-order chi connectivity index (χ0) is 16.3. The number of amides is 1. The first-order valence-corrected chi connectivity index (χ1v) is 6.77. The van der Waals surface area contributed by atoms with Crippen molar-refractivity contribution in [1.29, 1.82) is 0 Å². The zero-order valence-corrected chi connectivity index (χ0v) is 12.5. The van der Waals surface area contributed by atoms with Crippen molar-refractivity contribution in [1.82, 2.24) is 9.80 Å². The molecule has 21 heavy (non-hydrogen) atoms. The first kappa shape index (κ1) is 19.3. The molecule has 0 spiro atoms. The quantitative estimate of drug-likeness (QED) is 0.650. The lowest BCUT2D eigenvalue weighted by molar-refractivity contribution is -0.152. The number of likely N-dealkylation sites (N-methyl/N-ethyl adjacent to an activating group) is 1.